The van der Waals surface area contributed by atoms with E-state index < -0.39 is 0 Å². The van der Waals surface area contributed by atoms with E-state index in [1.165, 1.54) is 0 Å². The Morgan fingerprint density at radius 2 is 2.24 bits per heavy atom. The molecule has 0 aliphatic heterocycles. The molecule has 0 bridgehead atoms. The molecule has 90 valence electrons. The average molecular weight is 248 g/mol. The Morgan fingerprint density at radius 1 is 1.41 bits per heavy atom. The zero-order valence-corrected chi connectivity index (χ0v) is 10.9. The number of thiazole rings is 1. The molecule has 0 unspecified atom stereocenters. The van der Waals surface area contributed by atoms with Gasteiger partial charge in [0, 0.05) is 5.56 Å². The molecule has 2 rings (SSSR count). The Kier molecular flexibility index (Phi) is 3.64. The van der Waals surface area contributed by atoms with E-state index in [-0.39, 0.29) is 0 Å². The summed E-state index contributed by atoms with van der Waals surface area (Å²) in [6, 6.07) is 7.83. The number of hydrogen-bond acceptors (Lipinski definition) is 4. The predicted octanol–water partition coefficient (Wildman–Crippen LogP) is 3.35. The van der Waals surface area contributed by atoms with Crippen LogP contribution in [0.4, 0.5) is 5.00 Å². The van der Waals surface area contributed by atoms with E-state index in [0.717, 1.165) is 39.9 Å². The number of aromatic nitrogens is 1. The van der Waals surface area contributed by atoms with Gasteiger partial charge in [-0.15, -0.1) is 11.3 Å². The summed E-state index contributed by atoms with van der Waals surface area (Å²) in [7, 11) is 1.66. The molecule has 1 heterocycles. The van der Waals surface area contributed by atoms with Gasteiger partial charge in [-0.1, -0.05) is 19.1 Å². The highest BCUT2D eigenvalue weighted by atomic mass is 32.1. The van der Waals surface area contributed by atoms with Crippen LogP contribution in [-0.2, 0) is 6.42 Å². The lowest BCUT2D eigenvalue weighted by Crippen LogP contribution is -1.88. The lowest BCUT2D eigenvalue weighted by atomic mass is 10.1. The van der Waals surface area contributed by atoms with Crippen molar-refractivity contribution in [3.63, 3.8) is 0 Å². The maximum absolute atomic E-state index is 6.01. The van der Waals surface area contributed by atoms with Crippen LogP contribution in [0.25, 0.3) is 11.3 Å². The predicted molar refractivity (Wildman–Crippen MR) is 72.5 cm³/mol. The zero-order valence-electron chi connectivity index (χ0n) is 10.1. The maximum Gasteiger partial charge on any atom is 0.119 e. The second-order valence-corrected chi connectivity index (χ2v) is 4.92. The van der Waals surface area contributed by atoms with Gasteiger partial charge < -0.3 is 10.5 Å². The molecule has 0 aliphatic carbocycles. The van der Waals surface area contributed by atoms with Gasteiger partial charge in [0.1, 0.15) is 16.4 Å². The molecule has 0 saturated heterocycles. The lowest BCUT2D eigenvalue weighted by Gasteiger charge is -2.02. The summed E-state index contributed by atoms with van der Waals surface area (Å²) in [5.41, 5.74) is 7.90. The van der Waals surface area contributed by atoms with Gasteiger partial charge in [0.25, 0.3) is 0 Å². The third-order valence-electron chi connectivity index (χ3n) is 2.50. The van der Waals surface area contributed by atoms with Crippen molar-refractivity contribution >= 4 is 16.3 Å². The largest absolute Gasteiger partial charge is 0.497 e. The Balaban J connectivity index is 2.37. The highest BCUT2D eigenvalue weighted by Crippen LogP contribution is 2.32. The van der Waals surface area contributed by atoms with Crippen molar-refractivity contribution in [3.05, 3.63) is 29.3 Å². The molecule has 17 heavy (non-hydrogen) atoms. The van der Waals surface area contributed by atoms with Crippen LogP contribution in [0.5, 0.6) is 5.75 Å². The van der Waals surface area contributed by atoms with Gasteiger partial charge in [-0.05, 0) is 25.0 Å². The van der Waals surface area contributed by atoms with Gasteiger partial charge in [0.05, 0.1) is 12.1 Å². The average Bonchev–Trinajstić information content (AvgIpc) is 2.71. The Morgan fingerprint density at radius 3 is 2.94 bits per heavy atom. The molecule has 1 aromatic carbocycles. The highest BCUT2D eigenvalue weighted by Gasteiger charge is 2.10. The van der Waals surface area contributed by atoms with E-state index in [1.807, 2.05) is 24.3 Å². The minimum Gasteiger partial charge on any atom is -0.497 e. The van der Waals surface area contributed by atoms with E-state index in [9.17, 15) is 0 Å². The molecule has 0 aliphatic rings. The van der Waals surface area contributed by atoms with Crippen molar-refractivity contribution in [3.8, 4) is 17.0 Å². The first-order valence-corrected chi connectivity index (χ1v) is 6.46. The number of rotatable bonds is 4. The zero-order chi connectivity index (χ0) is 12.3. The van der Waals surface area contributed by atoms with Gasteiger partial charge in [-0.2, -0.15) is 0 Å². The molecule has 0 radical (unpaired) electrons. The topological polar surface area (TPSA) is 48.1 Å². The molecule has 2 aromatic rings. The van der Waals surface area contributed by atoms with E-state index in [4.69, 9.17) is 10.5 Å². The summed E-state index contributed by atoms with van der Waals surface area (Å²) in [5, 5.41) is 1.88. The van der Waals surface area contributed by atoms with Gasteiger partial charge in [-0.25, -0.2) is 4.98 Å². The third-order valence-corrected chi connectivity index (χ3v) is 3.45. The Hall–Kier alpha value is -1.55. The minimum atomic E-state index is 0.779. The van der Waals surface area contributed by atoms with Gasteiger partial charge in [-0.3, -0.25) is 0 Å². The number of nitrogen functional groups attached to an aromatic ring is 1. The number of nitrogens with zero attached hydrogens (tertiary/aromatic N) is 1. The van der Waals surface area contributed by atoms with Crippen LogP contribution in [0.1, 0.15) is 18.4 Å². The second kappa shape index (κ2) is 5.19. The Bertz CT molecular complexity index is 508. The van der Waals surface area contributed by atoms with Gasteiger partial charge >= 0.3 is 0 Å². The van der Waals surface area contributed by atoms with Gasteiger partial charge in [0.15, 0.2) is 0 Å². The first kappa shape index (κ1) is 11.9. The summed E-state index contributed by atoms with van der Waals surface area (Å²) in [6.45, 7) is 2.14. The number of benzene rings is 1. The van der Waals surface area contributed by atoms with Crippen LogP contribution in [-0.4, -0.2) is 12.1 Å². The molecule has 0 saturated carbocycles. The smallest absolute Gasteiger partial charge is 0.119 e. The number of ether oxygens (including phenoxy) is 1. The highest BCUT2D eigenvalue weighted by molar-refractivity contribution is 7.16. The normalized spacial score (nSPS) is 10.5. The molecule has 0 fully saturated rings. The monoisotopic (exact) mass is 248 g/mol. The first-order valence-electron chi connectivity index (χ1n) is 5.64. The van der Waals surface area contributed by atoms with Crippen LogP contribution in [0.3, 0.4) is 0 Å². The molecule has 0 amide bonds. The third kappa shape index (κ3) is 2.58. The summed E-state index contributed by atoms with van der Waals surface area (Å²) < 4.78 is 5.21. The van der Waals surface area contributed by atoms with E-state index in [1.54, 1.807) is 18.4 Å². The van der Waals surface area contributed by atoms with Crippen molar-refractivity contribution in [2.45, 2.75) is 19.8 Å². The van der Waals surface area contributed by atoms with E-state index in [2.05, 4.69) is 11.9 Å². The maximum atomic E-state index is 6.01. The quantitative estimate of drug-likeness (QED) is 0.902. The number of hydrogen-bond donors (Lipinski definition) is 1. The molecular weight excluding hydrogens is 232 g/mol. The summed E-state index contributed by atoms with van der Waals surface area (Å²) in [5.74, 6) is 0.826. The number of nitrogens with two attached hydrogens (primary N) is 1. The Labute approximate surface area is 105 Å². The number of methoxy groups -OCH3 is 1. The SMILES string of the molecule is CCCc1nc(-c2cccc(OC)c2)c(N)s1. The number of anilines is 1. The van der Waals surface area contributed by atoms with Crippen molar-refractivity contribution in [2.75, 3.05) is 12.8 Å². The fourth-order valence-electron chi connectivity index (χ4n) is 1.68. The number of aryl methyl sites for hydroxylation is 1. The van der Waals surface area contributed by atoms with E-state index in [0.29, 0.717) is 0 Å². The summed E-state index contributed by atoms with van der Waals surface area (Å²) >= 11 is 1.57. The molecular formula is C13H16N2OS. The van der Waals surface area contributed by atoms with Crippen molar-refractivity contribution in [2.24, 2.45) is 0 Å². The van der Waals surface area contributed by atoms with Crippen LogP contribution >= 0.6 is 11.3 Å². The summed E-state index contributed by atoms with van der Waals surface area (Å²) in [6.07, 6.45) is 2.07. The second-order valence-electron chi connectivity index (χ2n) is 3.80. The fraction of sp³-hybridized carbons (Fsp3) is 0.308. The molecule has 4 heteroatoms. The van der Waals surface area contributed by atoms with Crippen LogP contribution in [0, 0.1) is 0 Å². The lowest BCUT2D eigenvalue weighted by molar-refractivity contribution is 0.415. The van der Waals surface area contributed by atoms with Crippen LogP contribution < -0.4 is 10.5 Å². The molecule has 0 spiro atoms. The van der Waals surface area contributed by atoms with Gasteiger partial charge in [0.2, 0.25) is 0 Å². The van der Waals surface area contributed by atoms with Crippen LogP contribution in [0.15, 0.2) is 24.3 Å². The van der Waals surface area contributed by atoms with E-state index >= 15 is 0 Å². The standard InChI is InChI=1S/C13H16N2OS/c1-3-5-11-15-12(13(14)17-11)9-6-4-7-10(8-9)16-2/h4,6-8H,3,5,14H2,1-2H3. The minimum absolute atomic E-state index is 0.779. The molecule has 2 N–H and O–H groups in total. The fourth-order valence-corrected chi connectivity index (χ4v) is 2.63. The van der Waals surface area contributed by atoms with Crippen molar-refractivity contribution in [1.29, 1.82) is 0 Å². The molecule has 0 atom stereocenters. The molecule has 1 aromatic heterocycles. The van der Waals surface area contributed by atoms with Crippen LogP contribution in [0.2, 0.25) is 0 Å². The summed E-state index contributed by atoms with van der Waals surface area (Å²) in [4.78, 5) is 4.58. The molecule has 3 nitrogen and oxygen atoms in total. The van der Waals surface area contributed by atoms with Crippen molar-refractivity contribution < 1.29 is 4.74 Å². The van der Waals surface area contributed by atoms with Crippen molar-refractivity contribution in [1.82, 2.24) is 4.98 Å². The first-order chi connectivity index (χ1) is 8.24.